The van der Waals surface area contributed by atoms with Crippen LogP contribution in [-0.4, -0.2) is 33.1 Å². The summed E-state index contributed by atoms with van der Waals surface area (Å²) in [4.78, 5) is 24.2. The van der Waals surface area contributed by atoms with Gasteiger partial charge in [-0.15, -0.1) is 0 Å². The summed E-state index contributed by atoms with van der Waals surface area (Å²) in [5.74, 6) is 2.20. The molecule has 0 aliphatic heterocycles. The topological polar surface area (TPSA) is 85.9 Å². The minimum absolute atomic E-state index is 0.298. The van der Waals surface area contributed by atoms with Gasteiger partial charge in [-0.25, -0.2) is 4.79 Å². The van der Waals surface area contributed by atoms with Crippen molar-refractivity contribution in [1.29, 1.82) is 0 Å². The molecule has 2 rings (SSSR count). The molecule has 0 radical (unpaired) electrons. The van der Waals surface area contributed by atoms with E-state index in [0.29, 0.717) is 47.3 Å². The zero-order valence-corrected chi connectivity index (χ0v) is 18.9. The Morgan fingerprint density at radius 2 is 1.74 bits per heavy atom. The number of carbonyl (C=O) groups excluding carboxylic acids is 2. The Morgan fingerprint density at radius 3 is 2.39 bits per heavy atom. The van der Waals surface area contributed by atoms with Crippen LogP contribution in [-0.2, 0) is 0 Å². The van der Waals surface area contributed by atoms with Crippen molar-refractivity contribution in [3.8, 4) is 17.2 Å². The smallest absolute Gasteiger partial charge is 0.319 e. The maximum atomic E-state index is 12.6. The van der Waals surface area contributed by atoms with Crippen molar-refractivity contribution in [2.24, 2.45) is 5.92 Å². The first-order valence-electron chi connectivity index (χ1n) is 10.4. The molecule has 0 aromatic heterocycles. The Hall–Kier alpha value is -3.22. The van der Waals surface area contributed by atoms with Gasteiger partial charge >= 0.3 is 6.03 Å². The standard InChI is InChI=1S/C24H32N2O5/c1-16(2)9-8-12-31-23-14-20(18(15-27)13-22(23)30-5)26-24(28)25-17(3)19-10-6-7-11-21(19)29-4/h6-7,10-11,13-17H,8-9,12H2,1-5H3,(H2,25,26,28)/t17-/m0/s1. The molecule has 2 amide bonds. The van der Waals surface area contributed by atoms with Crippen LogP contribution in [0.25, 0.3) is 0 Å². The van der Waals surface area contributed by atoms with Gasteiger partial charge in [0, 0.05) is 17.2 Å². The lowest BCUT2D eigenvalue weighted by atomic mass is 10.1. The molecular formula is C24H32N2O5. The van der Waals surface area contributed by atoms with Gasteiger partial charge < -0.3 is 24.8 Å². The van der Waals surface area contributed by atoms with E-state index in [1.54, 1.807) is 19.2 Å². The van der Waals surface area contributed by atoms with Gasteiger partial charge in [0.25, 0.3) is 0 Å². The molecule has 7 heteroatoms. The van der Waals surface area contributed by atoms with E-state index in [1.165, 1.54) is 7.11 Å². The highest BCUT2D eigenvalue weighted by Crippen LogP contribution is 2.33. The number of anilines is 1. The van der Waals surface area contributed by atoms with Crippen molar-refractivity contribution >= 4 is 18.0 Å². The van der Waals surface area contributed by atoms with Crippen molar-refractivity contribution in [3.05, 3.63) is 47.5 Å². The highest BCUT2D eigenvalue weighted by Gasteiger charge is 2.17. The van der Waals surface area contributed by atoms with Crippen LogP contribution in [0.5, 0.6) is 17.2 Å². The van der Waals surface area contributed by atoms with Gasteiger partial charge in [-0.2, -0.15) is 0 Å². The van der Waals surface area contributed by atoms with Gasteiger partial charge in [-0.3, -0.25) is 4.79 Å². The van der Waals surface area contributed by atoms with E-state index in [0.717, 1.165) is 18.4 Å². The Balaban J connectivity index is 2.13. The zero-order chi connectivity index (χ0) is 22.8. The van der Waals surface area contributed by atoms with Crippen LogP contribution in [0.2, 0.25) is 0 Å². The number of hydrogen-bond donors (Lipinski definition) is 2. The molecule has 0 saturated heterocycles. The van der Waals surface area contributed by atoms with E-state index in [1.807, 2.05) is 31.2 Å². The number of rotatable bonds is 11. The van der Waals surface area contributed by atoms with E-state index in [4.69, 9.17) is 14.2 Å². The monoisotopic (exact) mass is 428 g/mol. The largest absolute Gasteiger partial charge is 0.496 e. The highest BCUT2D eigenvalue weighted by atomic mass is 16.5. The van der Waals surface area contributed by atoms with E-state index in [2.05, 4.69) is 24.5 Å². The lowest BCUT2D eigenvalue weighted by Crippen LogP contribution is -2.31. The first-order valence-corrected chi connectivity index (χ1v) is 10.4. The van der Waals surface area contributed by atoms with E-state index >= 15 is 0 Å². The van der Waals surface area contributed by atoms with Gasteiger partial charge in [0.1, 0.15) is 5.75 Å². The molecule has 0 aliphatic rings. The summed E-state index contributed by atoms with van der Waals surface area (Å²) >= 11 is 0. The zero-order valence-electron chi connectivity index (χ0n) is 18.9. The van der Waals surface area contributed by atoms with Crippen LogP contribution < -0.4 is 24.8 Å². The fourth-order valence-corrected chi connectivity index (χ4v) is 3.18. The Kier molecular flexibility index (Phi) is 9.18. The summed E-state index contributed by atoms with van der Waals surface area (Å²) in [5.41, 5.74) is 1.49. The molecular weight excluding hydrogens is 396 g/mol. The minimum atomic E-state index is -0.447. The number of ether oxygens (including phenoxy) is 3. The molecule has 0 saturated carbocycles. The van der Waals surface area contributed by atoms with Crippen LogP contribution in [0.1, 0.15) is 55.6 Å². The number of nitrogens with one attached hydrogen (secondary N) is 2. The van der Waals surface area contributed by atoms with Gasteiger partial charge in [0.2, 0.25) is 0 Å². The van der Waals surface area contributed by atoms with Crippen molar-refractivity contribution in [3.63, 3.8) is 0 Å². The molecule has 0 fully saturated rings. The van der Waals surface area contributed by atoms with Gasteiger partial charge in [-0.05, 0) is 37.8 Å². The van der Waals surface area contributed by atoms with Crippen molar-refractivity contribution in [2.75, 3.05) is 26.1 Å². The summed E-state index contributed by atoms with van der Waals surface area (Å²) in [6, 6.07) is 9.89. The summed E-state index contributed by atoms with van der Waals surface area (Å²) in [5, 5.41) is 5.61. The second kappa shape index (κ2) is 11.8. The van der Waals surface area contributed by atoms with Gasteiger partial charge in [0.05, 0.1) is 32.6 Å². The summed E-state index contributed by atoms with van der Waals surface area (Å²) in [6.45, 7) is 6.69. The lowest BCUT2D eigenvalue weighted by Gasteiger charge is -2.19. The third-order valence-corrected chi connectivity index (χ3v) is 4.85. The molecule has 31 heavy (non-hydrogen) atoms. The van der Waals surface area contributed by atoms with E-state index in [9.17, 15) is 9.59 Å². The van der Waals surface area contributed by atoms with E-state index < -0.39 is 6.03 Å². The number of benzene rings is 2. The quantitative estimate of drug-likeness (QED) is 0.379. The van der Waals surface area contributed by atoms with Gasteiger partial charge in [0.15, 0.2) is 17.8 Å². The fourth-order valence-electron chi connectivity index (χ4n) is 3.18. The highest BCUT2D eigenvalue weighted by molar-refractivity contribution is 5.96. The molecule has 0 heterocycles. The van der Waals surface area contributed by atoms with Crippen LogP contribution in [0.4, 0.5) is 10.5 Å². The van der Waals surface area contributed by atoms with Crippen molar-refractivity contribution in [2.45, 2.75) is 39.7 Å². The number of amides is 2. The van der Waals surface area contributed by atoms with Crippen LogP contribution >= 0.6 is 0 Å². The second-order valence-corrected chi connectivity index (χ2v) is 7.65. The molecule has 2 aromatic rings. The molecule has 0 aliphatic carbocycles. The maximum Gasteiger partial charge on any atom is 0.319 e. The SMILES string of the molecule is COc1cc(C=O)c(NC(=O)N[C@@H](C)c2ccccc2OC)cc1OCCCC(C)C. The molecule has 0 spiro atoms. The van der Waals surface area contributed by atoms with Gasteiger partial charge in [-0.1, -0.05) is 32.0 Å². The first kappa shape index (κ1) is 24.1. The van der Waals surface area contributed by atoms with Crippen molar-refractivity contribution < 1.29 is 23.8 Å². The lowest BCUT2D eigenvalue weighted by molar-refractivity contribution is 0.112. The van der Waals surface area contributed by atoms with Crippen LogP contribution in [0, 0.1) is 5.92 Å². The van der Waals surface area contributed by atoms with Crippen molar-refractivity contribution in [1.82, 2.24) is 5.32 Å². The number of hydrogen-bond acceptors (Lipinski definition) is 5. The van der Waals surface area contributed by atoms with Crippen LogP contribution in [0.15, 0.2) is 36.4 Å². The maximum absolute atomic E-state index is 12.6. The fraction of sp³-hybridized carbons (Fsp3) is 0.417. The predicted molar refractivity (Wildman–Crippen MR) is 122 cm³/mol. The predicted octanol–water partition coefficient (Wildman–Crippen LogP) is 5.21. The summed E-state index contributed by atoms with van der Waals surface area (Å²) < 4.78 is 16.6. The molecule has 168 valence electrons. The molecule has 7 nitrogen and oxygen atoms in total. The molecule has 2 aromatic carbocycles. The average Bonchev–Trinajstić information content (AvgIpc) is 2.76. The van der Waals surface area contributed by atoms with E-state index in [-0.39, 0.29) is 6.04 Å². The molecule has 1 atom stereocenters. The van der Waals surface area contributed by atoms with Crippen LogP contribution in [0.3, 0.4) is 0 Å². The number of aldehydes is 1. The summed E-state index contributed by atoms with van der Waals surface area (Å²) in [6.07, 6.45) is 2.61. The Bertz CT molecular complexity index is 882. The normalized spacial score (nSPS) is 11.5. The average molecular weight is 429 g/mol. The minimum Gasteiger partial charge on any atom is -0.496 e. The molecule has 0 bridgehead atoms. The number of urea groups is 1. The Labute approximate surface area is 184 Å². The summed E-state index contributed by atoms with van der Waals surface area (Å²) in [7, 11) is 3.10. The first-order chi connectivity index (χ1) is 14.9. The Morgan fingerprint density at radius 1 is 1.03 bits per heavy atom. The number of methoxy groups -OCH3 is 2. The number of carbonyl (C=O) groups is 2. The second-order valence-electron chi connectivity index (χ2n) is 7.65. The third kappa shape index (κ3) is 6.91. The third-order valence-electron chi connectivity index (χ3n) is 4.85. The molecule has 0 unspecified atom stereocenters. The molecule has 2 N–H and O–H groups in total. The number of para-hydroxylation sites is 1.